The number of rotatable bonds is 3. The SMILES string of the molecule is C[C@]12C[C@H](OCc3ccccc3Cl)[C@]3(C)C[C@@H]1CC[C@@H]2O3. The highest BCUT2D eigenvalue weighted by atomic mass is 35.5. The van der Waals surface area contributed by atoms with E-state index in [-0.39, 0.29) is 11.7 Å². The lowest BCUT2D eigenvalue weighted by Crippen LogP contribution is -2.63. The molecule has 2 aliphatic heterocycles. The number of halogens is 1. The molecular formula is C18H23ClO2. The second-order valence-electron chi connectivity index (χ2n) is 7.50. The number of ether oxygens (including phenoxy) is 2. The molecule has 2 heterocycles. The molecule has 2 aliphatic carbocycles. The van der Waals surface area contributed by atoms with Crippen molar-refractivity contribution >= 4 is 11.6 Å². The van der Waals surface area contributed by atoms with Gasteiger partial charge in [-0.3, -0.25) is 0 Å². The second-order valence-corrected chi connectivity index (χ2v) is 7.91. The Hall–Kier alpha value is -0.570. The van der Waals surface area contributed by atoms with Crippen LogP contribution in [0.4, 0.5) is 0 Å². The van der Waals surface area contributed by atoms with Crippen LogP contribution in [0.2, 0.25) is 5.02 Å². The molecule has 0 unspecified atom stereocenters. The van der Waals surface area contributed by atoms with Crippen molar-refractivity contribution in [3.63, 3.8) is 0 Å². The van der Waals surface area contributed by atoms with Crippen LogP contribution in [0, 0.1) is 11.3 Å². The van der Waals surface area contributed by atoms with Crippen molar-refractivity contribution in [2.75, 3.05) is 0 Å². The highest BCUT2D eigenvalue weighted by molar-refractivity contribution is 6.31. The summed E-state index contributed by atoms with van der Waals surface area (Å²) >= 11 is 6.23. The minimum Gasteiger partial charge on any atom is -0.370 e. The van der Waals surface area contributed by atoms with Gasteiger partial charge in [-0.05, 0) is 55.6 Å². The molecular weight excluding hydrogens is 284 g/mol. The van der Waals surface area contributed by atoms with E-state index in [4.69, 9.17) is 21.1 Å². The van der Waals surface area contributed by atoms with E-state index in [1.54, 1.807) is 0 Å². The van der Waals surface area contributed by atoms with Crippen LogP contribution in [0.5, 0.6) is 0 Å². The molecule has 114 valence electrons. The summed E-state index contributed by atoms with van der Waals surface area (Å²) in [6, 6.07) is 7.93. The number of fused-ring (bicyclic) bond motifs is 1. The Morgan fingerprint density at radius 3 is 2.81 bits per heavy atom. The molecule has 1 aromatic rings. The van der Waals surface area contributed by atoms with Crippen molar-refractivity contribution in [3.8, 4) is 0 Å². The first-order valence-corrected chi connectivity index (χ1v) is 8.42. The maximum atomic E-state index is 6.44. The van der Waals surface area contributed by atoms with Gasteiger partial charge in [0.2, 0.25) is 0 Å². The minimum absolute atomic E-state index is 0.106. The van der Waals surface area contributed by atoms with E-state index in [1.165, 1.54) is 12.8 Å². The quantitative estimate of drug-likeness (QED) is 0.813. The van der Waals surface area contributed by atoms with Crippen molar-refractivity contribution in [2.45, 2.75) is 63.9 Å². The highest BCUT2D eigenvalue weighted by Gasteiger charge is 2.63. The van der Waals surface area contributed by atoms with Gasteiger partial charge in [0.05, 0.1) is 24.4 Å². The van der Waals surface area contributed by atoms with Gasteiger partial charge in [0.1, 0.15) is 0 Å². The monoisotopic (exact) mass is 306 g/mol. The average Bonchev–Trinajstić information content (AvgIpc) is 2.65. The Morgan fingerprint density at radius 2 is 2.05 bits per heavy atom. The van der Waals surface area contributed by atoms with Crippen LogP contribution in [0.1, 0.15) is 45.1 Å². The van der Waals surface area contributed by atoms with Gasteiger partial charge in [-0.25, -0.2) is 0 Å². The fourth-order valence-electron chi connectivity index (χ4n) is 4.83. The summed E-state index contributed by atoms with van der Waals surface area (Å²) in [6.45, 7) is 5.23. The standard InChI is InChI=1S/C18H23ClO2/c1-17-10-16(20-11-12-5-3-4-6-14(12)19)18(2)9-13(17)7-8-15(17)21-18/h3-6,13,15-16H,7-11H2,1-2H3/t13-,15-,16-,17-,18-/m0/s1. The summed E-state index contributed by atoms with van der Waals surface area (Å²) in [6.07, 6.45) is 5.46. The molecule has 4 bridgehead atoms. The lowest BCUT2D eigenvalue weighted by atomic mass is 9.60. The van der Waals surface area contributed by atoms with Crippen molar-refractivity contribution in [1.29, 1.82) is 0 Å². The zero-order chi connectivity index (χ0) is 14.7. The van der Waals surface area contributed by atoms with Gasteiger partial charge in [0.15, 0.2) is 0 Å². The number of benzene rings is 1. The summed E-state index contributed by atoms with van der Waals surface area (Å²) in [5, 5.41) is 0.788. The molecule has 0 amide bonds. The van der Waals surface area contributed by atoms with E-state index < -0.39 is 0 Å². The number of hydrogen-bond acceptors (Lipinski definition) is 2. The average molecular weight is 307 g/mol. The summed E-state index contributed by atoms with van der Waals surface area (Å²) < 4.78 is 12.7. The first-order chi connectivity index (χ1) is 10.0. The predicted octanol–water partition coefficient (Wildman–Crippen LogP) is 4.59. The first-order valence-electron chi connectivity index (χ1n) is 8.04. The molecule has 5 rings (SSSR count). The third kappa shape index (κ3) is 2.07. The lowest BCUT2D eigenvalue weighted by molar-refractivity contribution is -0.280. The lowest BCUT2D eigenvalue weighted by Gasteiger charge is -2.58. The van der Waals surface area contributed by atoms with Crippen LogP contribution in [0.3, 0.4) is 0 Å². The van der Waals surface area contributed by atoms with E-state index in [0.29, 0.717) is 18.1 Å². The molecule has 3 heteroatoms. The summed E-state index contributed by atoms with van der Waals surface area (Å²) in [5.41, 5.74) is 1.28. The maximum Gasteiger partial charge on any atom is 0.0922 e. The predicted molar refractivity (Wildman–Crippen MR) is 83.4 cm³/mol. The highest BCUT2D eigenvalue weighted by Crippen LogP contribution is 2.62. The molecule has 2 saturated carbocycles. The van der Waals surface area contributed by atoms with Gasteiger partial charge in [-0.1, -0.05) is 36.7 Å². The zero-order valence-electron chi connectivity index (χ0n) is 12.8. The first kappa shape index (κ1) is 14.0. The van der Waals surface area contributed by atoms with E-state index in [2.05, 4.69) is 13.8 Å². The zero-order valence-corrected chi connectivity index (χ0v) is 13.5. The van der Waals surface area contributed by atoms with Crippen molar-refractivity contribution in [3.05, 3.63) is 34.9 Å². The van der Waals surface area contributed by atoms with Crippen LogP contribution in [0.25, 0.3) is 0 Å². The van der Waals surface area contributed by atoms with E-state index in [1.807, 2.05) is 24.3 Å². The van der Waals surface area contributed by atoms with Crippen LogP contribution in [-0.4, -0.2) is 17.8 Å². The number of hydrogen-bond donors (Lipinski definition) is 0. The van der Waals surface area contributed by atoms with Crippen molar-refractivity contribution < 1.29 is 9.47 Å². The Labute approximate surface area is 131 Å². The molecule has 2 nitrogen and oxygen atoms in total. The van der Waals surface area contributed by atoms with E-state index >= 15 is 0 Å². The summed E-state index contributed by atoms with van der Waals surface area (Å²) in [5.74, 6) is 0.821. The Kier molecular flexibility index (Phi) is 3.15. The van der Waals surface area contributed by atoms with Gasteiger partial charge in [0, 0.05) is 5.02 Å². The summed E-state index contributed by atoms with van der Waals surface area (Å²) in [4.78, 5) is 0. The van der Waals surface area contributed by atoms with E-state index in [0.717, 1.165) is 29.3 Å². The van der Waals surface area contributed by atoms with Gasteiger partial charge >= 0.3 is 0 Å². The van der Waals surface area contributed by atoms with Gasteiger partial charge in [0.25, 0.3) is 0 Å². The molecule has 0 aromatic heterocycles. The molecule has 0 spiro atoms. The molecule has 4 aliphatic rings. The molecule has 2 saturated heterocycles. The van der Waals surface area contributed by atoms with E-state index in [9.17, 15) is 0 Å². The molecule has 0 N–H and O–H groups in total. The largest absolute Gasteiger partial charge is 0.370 e. The molecule has 1 aromatic carbocycles. The maximum absolute atomic E-state index is 6.44. The smallest absolute Gasteiger partial charge is 0.0922 e. The second kappa shape index (κ2) is 4.71. The van der Waals surface area contributed by atoms with Crippen molar-refractivity contribution in [1.82, 2.24) is 0 Å². The molecule has 0 radical (unpaired) electrons. The van der Waals surface area contributed by atoms with Gasteiger partial charge < -0.3 is 9.47 Å². The Morgan fingerprint density at radius 1 is 1.24 bits per heavy atom. The van der Waals surface area contributed by atoms with Gasteiger partial charge in [-0.2, -0.15) is 0 Å². The third-order valence-electron chi connectivity index (χ3n) is 6.21. The summed E-state index contributed by atoms with van der Waals surface area (Å²) in [7, 11) is 0. The van der Waals surface area contributed by atoms with Gasteiger partial charge in [-0.15, -0.1) is 0 Å². The van der Waals surface area contributed by atoms with Crippen LogP contribution < -0.4 is 0 Å². The van der Waals surface area contributed by atoms with Crippen molar-refractivity contribution in [2.24, 2.45) is 11.3 Å². The normalized spacial score (nSPS) is 44.2. The van der Waals surface area contributed by atoms with Crippen LogP contribution in [0.15, 0.2) is 24.3 Å². The molecule has 4 fully saturated rings. The molecule has 21 heavy (non-hydrogen) atoms. The Bertz CT molecular complexity index is 542. The molecule has 5 atom stereocenters. The topological polar surface area (TPSA) is 18.5 Å². The third-order valence-corrected chi connectivity index (χ3v) is 6.58. The fraction of sp³-hybridized carbons (Fsp3) is 0.667. The fourth-order valence-corrected chi connectivity index (χ4v) is 5.02. The van der Waals surface area contributed by atoms with Crippen LogP contribution in [-0.2, 0) is 16.1 Å². The van der Waals surface area contributed by atoms with Crippen LogP contribution >= 0.6 is 11.6 Å². The minimum atomic E-state index is -0.106. The Balaban J connectivity index is 1.51.